The SMILES string of the molecule is Cc1cc2cc[nH]c2c(C2CCCNC2)n1. The zero-order valence-corrected chi connectivity index (χ0v) is 9.59. The number of aromatic nitrogens is 2. The molecule has 0 amide bonds. The van der Waals surface area contributed by atoms with Crippen molar-refractivity contribution in [3.05, 3.63) is 29.7 Å². The second-order valence-corrected chi connectivity index (χ2v) is 4.63. The predicted octanol–water partition coefficient (Wildman–Crippen LogP) is 2.34. The molecule has 3 heterocycles. The number of rotatable bonds is 1. The van der Waals surface area contributed by atoms with Crippen LogP contribution in [-0.4, -0.2) is 23.1 Å². The quantitative estimate of drug-likeness (QED) is 0.766. The summed E-state index contributed by atoms with van der Waals surface area (Å²) >= 11 is 0. The molecule has 0 saturated carbocycles. The van der Waals surface area contributed by atoms with Crippen LogP contribution in [0.5, 0.6) is 0 Å². The van der Waals surface area contributed by atoms with Gasteiger partial charge in [0.05, 0.1) is 11.2 Å². The van der Waals surface area contributed by atoms with Crippen LogP contribution in [0.25, 0.3) is 10.9 Å². The van der Waals surface area contributed by atoms with Crippen molar-refractivity contribution in [2.75, 3.05) is 13.1 Å². The Labute approximate surface area is 95.3 Å². The zero-order chi connectivity index (χ0) is 11.0. The monoisotopic (exact) mass is 215 g/mol. The van der Waals surface area contributed by atoms with Gasteiger partial charge in [-0.3, -0.25) is 4.98 Å². The van der Waals surface area contributed by atoms with Gasteiger partial charge in [0, 0.05) is 29.7 Å². The van der Waals surface area contributed by atoms with E-state index in [1.54, 1.807) is 0 Å². The lowest BCUT2D eigenvalue weighted by molar-refractivity contribution is 0.456. The van der Waals surface area contributed by atoms with E-state index in [1.165, 1.54) is 29.4 Å². The Balaban J connectivity index is 2.09. The van der Waals surface area contributed by atoms with Gasteiger partial charge in [-0.1, -0.05) is 0 Å². The molecule has 0 radical (unpaired) electrons. The minimum absolute atomic E-state index is 0.565. The number of aryl methyl sites for hydroxylation is 1. The van der Waals surface area contributed by atoms with Gasteiger partial charge < -0.3 is 10.3 Å². The summed E-state index contributed by atoms with van der Waals surface area (Å²) in [6, 6.07) is 4.27. The predicted molar refractivity (Wildman–Crippen MR) is 65.7 cm³/mol. The number of nitrogens with one attached hydrogen (secondary N) is 2. The normalized spacial score (nSPS) is 21.4. The lowest BCUT2D eigenvalue weighted by Crippen LogP contribution is -2.29. The molecule has 0 aromatic carbocycles. The highest BCUT2D eigenvalue weighted by atomic mass is 14.9. The van der Waals surface area contributed by atoms with E-state index < -0.39 is 0 Å². The zero-order valence-electron chi connectivity index (χ0n) is 9.59. The number of hydrogen-bond acceptors (Lipinski definition) is 2. The summed E-state index contributed by atoms with van der Waals surface area (Å²) in [5.74, 6) is 0.565. The summed E-state index contributed by atoms with van der Waals surface area (Å²) in [4.78, 5) is 8.05. The van der Waals surface area contributed by atoms with Gasteiger partial charge in [-0.2, -0.15) is 0 Å². The Morgan fingerprint density at radius 1 is 1.44 bits per heavy atom. The van der Waals surface area contributed by atoms with Crippen molar-refractivity contribution >= 4 is 10.9 Å². The first-order valence-corrected chi connectivity index (χ1v) is 6.00. The van der Waals surface area contributed by atoms with Gasteiger partial charge in [0.1, 0.15) is 0 Å². The average Bonchev–Trinajstić information content (AvgIpc) is 2.77. The first kappa shape index (κ1) is 9.85. The van der Waals surface area contributed by atoms with Crippen LogP contribution >= 0.6 is 0 Å². The largest absolute Gasteiger partial charge is 0.360 e. The minimum atomic E-state index is 0.565. The third-order valence-corrected chi connectivity index (χ3v) is 3.38. The lowest BCUT2D eigenvalue weighted by atomic mass is 9.94. The van der Waals surface area contributed by atoms with Gasteiger partial charge in [0.25, 0.3) is 0 Å². The first-order valence-electron chi connectivity index (χ1n) is 6.00. The van der Waals surface area contributed by atoms with E-state index in [-0.39, 0.29) is 0 Å². The van der Waals surface area contributed by atoms with Crippen LogP contribution in [-0.2, 0) is 0 Å². The molecule has 2 aromatic rings. The Hall–Kier alpha value is -1.35. The third kappa shape index (κ3) is 1.61. The first-order chi connectivity index (χ1) is 7.84. The second kappa shape index (κ2) is 3.91. The Morgan fingerprint density at radius 2 is 2.38 bits per heavy atom. The van der Waals surface area contributed by atoms with Crippen LogP contribution in [0.3, 0.4) is 0 Å². The number of pyridine rings is 1. The van der Waals surface area contributed by atoms with Gasteiger partial charge in [0.2, 0.25) is 0 Å². The average molecular weight is 215 g/mol. The van der Waals surface area contributed by atoms with Crippen molar-refractivity contribution in [1.29, 1.82) is 0 Å². The standard InChI is InChI=1S/C13H17N3/c1-9-7-10-4-6-15-12(10)13(16-9)11-3-2-5-14-8-11/h4,6-7,11,14-15H,2-3,5,8H2,1H3. The molecule has 3 heteroatoms. The van der Waals surface area contributed by atoms with Crippen molar-refractivity contribution in [2.24, 2.45) is 0 Å². The summed E-state index contributed by atoms with van der Waals surface area (Å²) in [6.07, 6.45) is 4.51. The molecule has 1 saturated heterocycles. The van der Waals surface area contributed by atoms with E-state index in [2.05, 4.69) is 29.4 Å². The maximum Gasteiger partial charge on any atom is 0.0690 e. The number of H-pyrrole nitrogens is 1. The van der Waals surface area contributed by atoms with Crippen LogP contribution in [0.4, 0.5) is 0 Å². The van der Waals surface area contributed by atoms with Crippen LogP contribution in [0.1, 0.15) is 30.1 Å². The fourth-order valence-electron chi connectivity index (χ4n) is 2.61. The van der Waals surface area contributed by atoms with E-state index in [0.717, 1.165) is 18.8 Å². The molecule has 0 spiro atoms. The second-order valence-electron chi connectivity index (χ2n) is 4.63. The van der Waals surface area contributed by atoms with E-state index >= 15 is 0 Å². The number of aromatic amines is 1. The summed E-state index contributed by atoms with van der Waals surface area (Å²) < 4.78 is 0. The molecule has 84 valence electrons. The summed E-state index contributed by atoms with van der Waals surface area (Å²) in [6.45, 7) is 4.28. The van der Waals surface area contributed by atoms with Crippen molar-refractivity contribution < 1.29 is 0 Å². The molecule has 3 nitrogen and oxygen atoms in total. The van der Waals surface area contributed by atoms with E-state index in [4.69, 9.17) is 4.98 Å². The van der Waals surface area contributed by atoms with Crippen molar-refractivity contribution in [3.63, 3.8) is 0 Å². The van der Waals surface area contributed by atoms with Crippen molar-refractivity contribution in [1.82, 2.24) is 15.3 Å². The molecule has 2 aromatic heterocycles. The van der Waals surface area contributed by atoms with Gasteiger partial charge in [0.15, 0.2) is 0 Å². The smallest absolute Gasteiger partial charge is 0.0690 e. The van der Waals surface area contributed by atoms with Crippen molar-refractivity contribution in [2.45, 2.75) is 25.7 Å². The molecule has 1 aliphatic heterocycles. The highest BCUT2D eigenvalue weighted by Crippen LogP contribution is 2.27. The molecule has 3 rings (SSSR count). The van der Waals surface area contributed by atoms with Crippen LogP contribution < -0.4 is 5.32 Å². The van der Waals surface area contributed by atoms with Crippen molar-refractivity contribution in [3.8, 4) is 0 Å². The molecular weight excluding hydrogens is 198 g/mol. The topological polar surface area (TPSA) is 40.7 Å². The molecule has 1 unspecified atom stereocenters. The third-order valence-electron chi connectivity index (χ3n) is 3.38. The summed E-state index contributed by atoms with van der Waals surface area (Å²) in [5.41, 5.74) is 3.58. The fourth-order valence-corrected chi connectivity index (χ4v) is 2.61. The Kier molecular flexibility index (Phi) is 2.40. The molecule has 1 atom stereocenters. The fraction of sp³-hybridized carbons (Fsp3) is 0.462. The number of hydrogen-bond donors (Lipinski definition) is 2. The molecule has 1 fully saturated rings. The van der Waals surface area contributed by atoms with Gasteiger partial charge >= 0.3 is 0 Å². The van der Waals surface area contributed by atoms with Gasteiger partial charge in [-0.25, -0.2) is 0 Å². The minimum Gasteiger partial charge on any atom is -0.360 e. The maximum absolute atomic E-state index is 4.73. The van der Waals surface area contributed by atoms with E-state index in [1.807, 2.05) is 6.20 Å². The highest BCUT2D eigenvalue weighted by Gasteiger charge is 2.19. The highest BCUT2D eigenvalue weighted by molar-refractivity contribution is 5.82. The molecular formula is C13H17N3. The van der Waals surface area contributed by atoms with E-state index in [0.29, 0.717) is 5.92 Å². The number of piperidine rings is 1. The molecule has 2 N–H and O–H groups in total. The van der Waals surface area contributed by atoms with Gasteiger partial charge in [-0.05, 0) is 38.4 Å². The van der Waals surface area contributed by atoms with Crippen LogP contribution in [0, 0.1) is 6.92 Å². The maximum atomic E-state index is 4.73. The molecule has 0 bridgehead atoms. The van der Waals surface area contributed by atoms with Crippen LogP contribution in [0.15, 0.2) is 18.3 Å². The van der Waals surface area contributed by atoms with Crippen LogP contribution in [0.2, 0.25) is 0 Å². The molecule has 0 aliphatic carbocycles. The lowest BCUT2D eigenvalue weighted by Gasteiger charge is -2.23. The summed E-state index contributed by atoms with van der Waals surface area (Å²) in [5, 5.41) is 4.74. The number of nitrogens with zero attached hydrogens (tertiary/aromatic N) is 1. The summed E-state index contributed by atoms with van der Waals surface area (Å²) in [7, 11) is 0. The Bertz CT molecular complexity index is 495. The van der Waals surface area contributed by atoms with E-state index in [9.17, 15) is 0 Å². The van der Waals surface area contributed by atoms with Gasteiger partial charge in [-0.15, -0.1) is 0 Å². The molecule has 1 aliphatic rings. The Morgan fingerprint density at radius 3 is 3.19 bits per heavy atom. The number of fused-ring (bicyclic) bond motifs is 1. The molecule has 16 heavy (non-hydrogen) atoms.